The maximum Gasteiger partial charge on any atom is 0.269 e. The molecule has 0 saturated heterocycles. The van der Waals surface area contributed by atoms with Gasteiger partial charge in [0, 0.05) is 12.1 Å². The van der Waals surface area contributed by atoms with E-state index in [0.717, 1.165) is 18.4 Å². The summed E-state index contributed by atoms with van der Waals surface area (Å²) in [7, 11) is 0. The highest BCUT2D eigenvalue weighted by atomic mass is 16.6. The molecule has 0 fully saturated rings. The van der Waals surface area contributed by atoms with Crippen LogP contribution in [0.25, 0.3) is 0 Å². The molecule has 0 bridgehead atoms. The molecular weight excluding hydrogens is 214 g/mol. The Morgan fingerprint density at radius 1 is 1.29 bits per heavy atom. The van der Waals surface area contributed by atoms with Crippen LogP contribution in [-0.2, 0) is 5.41 Å². The van der Waals surface area contributed by atoms with Crippen LogP contribution in [0.2, 0.25) is 0 Å². The van der Waals surface area contributed by atoms with Gasteiger partial charge in [-0.2, -0.15) is 0 Å². The van der Waals surface area contributed by atoms with Crippen molar-refractivity contribution in [3.63, 3.8) is 0 Å². The molecule has 0 aliphatic carbocycles. The van der Waals surface area contributed by atoms with Crippen LogP contribution in [0.5, 0.6) is 0 Å². The van der Waals surface area contributed by atoms with Crippen LogP contribution in [0.15, 0.2) is 24.3 Å². The van der Waals surface area contributed by atoms with E-state index in [-0.39, 0.29) is 16.0 Å². The Morgan fingerprint density at radius 2 is 1.82 bits per heavy atom. The molecule has 0 amide bonds. The lowest BCUT2D eigenvalue weighted by atomic mass is 9.70. The lowest BCUT2D eigenvalue weighted by molar-refractivity contribution is -0.384. The third kappa shape index (κ3) is 2.84. The summed E-state index contributed by atoms with van der Waals surface area (Å²) in [5.74, 6) is 1.34. The van der Waals surface area contributed by atoms with Crippen LogP contribution in [0.4, 0.5) is 5.69 Å². The van der Waals surface area contributed by atoms with Crippen LogP contribution in [-0.4, -0.2) is 4.92 Å². The van der Waals surface area contributed by atoms with Gasteiger partial charge in [0.15, 0.2) is 0 Å². The summed E-state index contributed by atoms with van der Waals surface area (Å²) in [6.07, 6.45) is 2.16. The fourth-order valence-corrected chi connectivity index (χ4v) is 2.13. The van der Waals surface area contributed by atoms with E-state index in [0.29, 0.717) is 0 Å². The third-order valence-electron chi connectivity index (χ3n) is 3.57. The minimum absolute atomic E-state index is 0.0177. The first-order chi connectivity index (χ1) is 7.91. The highest BCUT2D eigenvalue weighted by molar-refractivity contribution is 5.38. The van der Waals surface area contributed by atoms with Crippen molar-refractivity contribution in [3.8, 4) is 0 Å². The van der Waals surface area contributed by atoms with Gasteiger partial charge < -0.3 is 0 Å². The molecule has 0 aliphatic rings. The quantitative estimate of drug-likeness (QED) is 0.564. The summed E-state index contributed by atoms with van der Waals surface area (Å²) >= 11 is 0. The average Bonchev–Trinajstić information content (AvgIpc) is 2.29. The number of hydrogen-bond acceptors (Lipinski definition) is 2. The Kier molecular flexibility index (Phi) is 4.27. The highest BCUT2D eigenvalue weighted by Crippen LogP contribution is 2.38. The predicted molar refractivity (Wildman–Crippen MR) is 69.9 cm³/mol. The molecule has 3 heteroatoms. The molecule has 17 heavy (non-hydrogen) atoms. The van der Waals surface area contributed by atoms with Gasteiger partial charge in [-0.25, -0.2) is 0 Å². The smallest absolute Gasteiger partial charge is 0.258 e. The molecule has 0 heterocycles. The van der Waals surface area contributed by atoms with Crippen molar-refractivity contribution in [3.05, 3.63) is 45.9 Å². The maximum atomic E-state index is 10.6. The molecule has 1 aromatic carbocycles. The van der Waals surface area contributed by atoms with E-state index in [1.165, 1.54) is 5.92 Å². The van der Waals surface area contributed by atoms with Crippen LogP contribution in [0.3, 0.4) is 0 Å². The zero-order valence-corrected chi connectivity index (χ0v) is 11.0. The Labute approximate surface area is 103 Å². The minimum Gasteiger partial charge on any atom is -0.258 e. The fraction of sp³-hybridized carbons (Fsp3) is 0.500. The average molecular weight is 234 g/mol. The normalized spacial score (nSPS) is 14.6. The number of benzene rings is 1. The van der Waals surface area contributed by atoms with Gasteiger partial charge >= 0.3 is 0 Å². The summed E-state index contributed by atoms with van der Waals surface area (Å²) in [5, 5.41) is 10.6. The molecule has 1 atom stereocenters. The lowest BCUT2D eigenvalue weighted by Gasteiger charge is -2.33. The van der Waals surface area contributed by atoms with Crippen molar-refractivity contribution in [1.29, 1.82) is 0 Å². The molecule has 93 valence electrons. The van der Waals surface area contributed by atoms with Gasteiger partial charge in [-0.3, -0.25) is 10.1 Å². The lowest BCUT2D eigenvalue weighted by Crippen LogP contribution is -2.26. The Bertz CT molecular complexity index is 384. The number of rotatable bonds is 5. The van der Waals surface area contributed by atoms with Crippen molar-refractivity contribution in [2.24, 2.45) is 0 Å². The Morgan fingerprint density at radius 3 is 2.18 bits per heavy atom. The van der Waals surface area contributed by atoms with Gasteiger partial charge in [-0.05, 0) is 23.3 Å². The van der Waals surface area contributed by atoms with Crippen LogP contribution < -0.4 is 0 Å². The molecule has 1 rings (SSSR count). The first kappa shape index (κ1) is 13.7. The van der Waals surface area contributed by atoms with Crippen LogP contribution >= 0.6 is 0 Å². The molecule has 3 nitrogen and oxygen atoms in total. The molecule has 1 radical (unpaired) electrons. The summed E-state index contributed by atoms with van der Waals surface area (Å²) in [4.78, 5) is 10.3. The van der Waals surface area contributed by atoms with Crippen molar-refractivity contribution in [2.75, 3.05) is 0 Å². The highest BCUT2D eigenvalue weighted by Gasteiger charge is 2.30. The van der Waals surface area contributed by atoms with E-state index in [9.17, 15) is 10.1 Å². The monoisotopic (exact) mass is 234 g/mol. The second-order valence-corrected chi connectivity index (χ2v) is 4.89. The van der Waals surface area contributed by atoms with Crippen molar-refractivity contribution in [1.82, 2.24) is 0 Å². The van der Waals surface area contributed by atoms with E-state index >= 15 is 0 Å². The Hall–Kier alpha value is -1.38. The number of nitro benzene ring substituents is 1. The number of non-ortho nitro benzene ring substituents is 1. The second kappa shape index (κ2) is 5.30. The molecule has 0 saturated carbocycles. The Balaban J connectivity index is 3.08. The topological polar surface area (TPSA) is 43.1 Å². The third-order valence-corrected chi connectivity index (χ3v) is 3.57. The molecule has 0 spiro atoms. The zero-order chi connectivity index (χ0) is 13.1. The summed E-state index contributed by atoms with van der Waals surface area (Å²) in [6, 6.07) is 6.93. The number of nitrogens with zero attached hydrogens (tertiary/aromatic N) is 1. The van der Waals surface area contributed by atoms with Gasteiger partial charge in [0.25, 0.3) is 5.69 Å². The first-order valence-corrected chi connectivity index (χ1v) is 5.97. The first-order valence-electron chi connectivity index (χ1n) is 5.97. The minimum atomic E-state index is -0.358. The molecule has 0 aliphatic heterocycles. The van der Waals surface area contributed by atoms with E-state index in [4.69, 9.17) is 0 Å². The summed E-state index contributed by atoms with van der Waals surface area (Å²) < 4.78 is 0. The standard InChI is InChI=1S/C14H20NO2/c1-5-10-14(4,11(2)3)12-6-8-13(9-7-12)15(16)17/h6-9H,5,10H2,1-4H3. The van der Waals surface area contributed by atoms with Crippen molar-refractivity contribution < 1.29 is 4.92 Å². The second-order valence-electron chi connectivity index (χ2n) is 4.89. The molecule has 0 N–H and O–H groups in total. The van der Waals surface area contributed by atoms with Crippen molar-refractivity contribution in [2.45, 2.75) is 46.0 Å². The van der Waals surface area contributed by atoms with E-state index in [1.54, 1.807) is 12.1 Å². The summed E-state index contributed by atoms with van der Waals surface area (Å²) in [5.41, 5.74) is 1.33. The molecule has 1 aromatic rings. The van der Waals surface area contributed by atoms with E-state index in [1.807, 2.05) is 12.1 Å². The van der Waals surface area contributed by atoms with Gasteiger partial charge in [0.1, 0.15) is 0 Å². The molecule has 0 aromatic heterocycles. The van der Waals surface area contributed by atoms with Gasteiger partial charge in [-0.15, -0.1) is 0 Å². The SMILES string of the molecule is CCCC(C)([C](C)C)c1ccc([N+](=O)[O-])cc1. The van der Waals surface area contributed by atoms with E-state index in [2.05, 4.69) is 27.7 Å². The van der Waals surface area contributed by atoms with Gasteiger partial charge in [0.2, 0.25) is 0 Å². The largest absolute Gasteiger partial charge is 0.269 e. The fourth-order valence-electron chi connectivity index (χ4n) is 2.13. The molecule has 1 unspecified atom stereocenters. The van der Waals surface area contributed by atoms with E-state index < -0.39 is 0 Å². The maximum absolute atomic E-state index is 10.6. The number of hydrogen-bond donors (Lipinski definition) is 0. The zero-order valence-electron chi connectivity index (χ0n) is 11.0. The summed E-state index contributed by atoms with van der Waals surface area (Å²) in [6.45, 7) is 8.60. The van der Waals surface area contributed by atoms with Crippen molar-refractivity contribution >= 4 is 5.69 Å². The predicted octanol–water partition coefficient (Wildman–Crippen LogP) is 4.27. The molecular formula is C14H20NO2. The van der Waals surface area contributed by atoms with Crippen LogP contribution in [0.1, 0.15) is 46.1 Å². The number of nitro groups is 1. The van der Waals surface area contributed by atoms with Crippen LogP contribution in [0, 0.1) is 16.0 Å². The van der Waals surface area contributed by atoms with Gasteiger partial charge in [-0.1, -0.05) is 46.2 Å². The van der Waals surface area contributed by atoms with Gasteiger partial charge in [0.05, 0.1) is 4.92 Å².